The van der Waals surface area contributed by atoms with E-state index in [1.807, 2.05) is 4.90 Å². The molecule has 0 atom stereocenters. The number of carbonyl (C=O) groups excluding carboxylic acids is 1. The van der Waals surface area contributed by atoms with Crippen LogP contribution in [0, 0.1) is 16.0 Å². The second-order valence-corrected chi connectivity index (χ2v) is 5.76. The standard InChI is InChI=1S/C16H24N4O3/c1-2-17-11-13-7-9-19(10-8-13)16(21)12-18-14-5-3-4-6-15(14)20(22)23/h3-6,13,17-18H,2,7-12H2,1H3. The fourth-order valence-electron chi connectivity index (χ4n) is 2.80. The van der Waals surface area contributed by atoms with Gasteiger partial charge in [-0.1, -0.05) is 19.1 Å². The molecule has 126 valence electrons. The van der Waals surface area contributed by atoms with E-state index < -0.39 is 4.92 Å². The Bertz CT molecular complexity index is 542. The number of hydrogen-bond acceptors (Lipinski definition) is 5. The zero-order valence-electron chi connectivity index (χ0n) is 13.5. The molecule has 23 heavy (non-hydrogen) atoms. The van der Waals surface area contributed by atoms with Gasteiger partial charge in [0, 0.05) is 19.2 Å². The predicted octanol–water partition coefficient (Wildman–Crippen LogP) is 1.85. The Hall–Kier alpha value is -2.15. The van der Waals surface area contributed by atoms with Crippen molar-refractivity contribution in [3.63, 3.8) is 0 Å². The number of likely N-dealkylation sites (tertiary alicyclic amines) is 1. The minimum Gasteiger partial charge on any atom is -0.371 e. The maximum atomic E-state index is 12.3. The number of hydrogen-bond donors (Lipinski definition) is 2. The molecule has 0 unspecified atom stereocenters. The van der Waals surface area contributed by atoms with Crippen molar-refractivity contribution in [3.8, 4) is 0 Å². The van der Waals surface area contributed by atoms with Gasteiger partial charge in [-0.15, -0.1) is 0 Å². The first-order chi connectivity index (χ1) is 11.1. The number of anilines is 1. The molecule has 0 bridgehead atoms. The number of para-hydroxylation sites is 2. The highest BCUT2D eigenvalue weighted by Crippen LogP contribution is 2.23. The number of nitro groups is 1. The maximum Gasteiger partial charge on any atom is 0.292 e. The van der Waals surface area contributed by atoms with Crippen molar-refractivity contribution in [3.05, 3.63) is 34.4 Å². The normalized spacial score (nSPS) is 15.4. The van der Waals surface area contributed by atoms with E-state index >= 15 is 0 Å². The molecule has 1 fully saturated rings. The topological polar surface area (TPSA) is 87.5 Å². The second-order valence-electron chi connectivity index (χ2n) is 5.76. The average Bonchev–Trinajstić information content (AvgIpc) is 2.58. The van der Waals surface area contributed by atoms with Crippen molar-refractivity contribution in [2.24, 2.45) is 5.92 Å². The summed E-state index contributed by atoms with van der Waals surface area (Å²) in [4.78, 5) is 24.6. The van der Waals surface area contributed by atoms with Crippen LogP contribution in [0.15, 0.2) is 24.3 Å². The summed E-state index contributed by atoms with van der Waals surface area (Å²) < 4.78 is 0. The summed E-state index contributed by atoms with van der Waals surface area (Å²) in [5.74, 6) is 0.618. The fraction of sp³-hybridized carbons (Fsp3) is 0.562. The van der Waals surface area contributed by atoms with E-state index in [2.05, 4.69) is 17.6 Å². The van der Waals surface area contributed by atoms with E-state index in [0.717, 1.165) is 39.0 Å². The number of rotatable bonds is 7. The summed E-state index contributed by atoms with van der Waals surface area (Å²) in [6, 6.07) is 6.37. The number of nitrogens with zero attached hydrogens (tertiary/aromatic N) is 2. The zero-order valence-corrected chi connectivity index (χ0v) is 13.5. The number of nitrogens with one attached hydrogen (secondary N) is 2. The number of benzene rings is 1. The van der Waals surface area contributed by atoms with Gasteiger partial charge in [0.2, 0.25) is 5.91 Å². The van der Waals surface area contributed by atoms with Gasteiger partial charge in [0.25, 0.3) is 5.69 Å². The van der Waals surface area contributed by atoms with E-state index in [1.165, 1.54) is 6.07 Å². The largest absolute Gasteiger partial charge is 0.371 e. The predicted molar refractivity (Wildman–Crippen MR) is 89.4 cm³/mol. The molecule has 7 heteroatoms. The Kier molecular flexibility index (Phi) is 6.34. The maximum absolute atomic E-state index is 12.3. The second kappa shape index (κ2) is 8.47. The minimum absolute atomic E-state index is 0.00921. The van der Waals surface area contributed by atoms with Crippen molar-refractivity contribution in [2.75, 3.05) is 38.0 Å². The van der Waals surface area contributed by atoms with Gasteiger partial charge < -0.3 is 15.5 Å². The molecule has 1 aliphatic heterocycles. The summed E-state index contributed by atoms with van der Waals surface area (Å²) in [5, 5.41) is 17.2. The Morgan fingerprint density at radius 2 is 2.04 bits per heavy atom. The monoisotopic (exact) mass is 320 g/mol. The Balaban J connectivity index is 1.81. The molecule has 1 amide bonds. The molecule has 1 saturated heterocycles. The van der Waals surface area contributed by atoms with E-state index in [0.29, 0.717) is 11.6 Å². The summed E-state index contributed by atoms with van der Waals surface area (Å²) in [6.45, 7) is 5.67. The first-order valence-electron chi connectivity index (χ1n) is 8.07. The van der Waals surface area contributed by atoms with Crippen LogP contribution in [0.4, 0.5) is 11.4 Å². The molecular weight excluding hydrogens is 296 g/mol. The molecular formula is C16H24N4O3. The van der Waals surface area contributed by atoms with Gasteiger partial charge in [-0.3, -0.25) is 14.9 Å². The van der Waals surface area contributed by atoms with Crippen LogP contribution in [-0.2, 0) is 4.79 Å². The van der Waals surface area contributed by atoms with E-state index in [4.69, 9.17) is 0 Å². The van der Waals surface area contributed by atoms with Crippen LogP contribution in [0.2, 0.25) is 0 Å². The van der Waals surface area contributed by atoms with Crippen LogP contribution in [0.3, 0.4) is 0 Å². The molecule has 2 rings (SSSR count). The fourth-order valence-corrected chi connectivity index (χ4v) is 2.80. The lowest BCUT2D eigenvalue weighted by atomic mass is 9.97. The molecule has 7 nitrogen and oxygen atoms in total. The van der Waals surface area contributed by atoms with Gasteiger partial charge in [0.15, 0.2) is 0 Å². The highest BCUT2D eigenvalue weighted by atomic mass is 16.6. The van der Waals surface area contributed by atoms with Gasteiger partial charge in [-0.2, -0.15) is 0 Å². The zero-order chi connectivity index (χ0) is 16.7. The smallest absolute Gasteiger partial charge is 0.292 e. The lowest BCUT2D eigenvalue weighted by molar-refractivity contribution is -0.383. The van der Waals surface area contributed by atoms with Crippen molar-refractivity contribution in [1.29, 1.82) is 0 Å². The third-order valence-electron chi connectivity index (χ3n) is 4.18. The number of piperidine rings is 1. The van der Waals surface area contributed by atoms with Gasteiger partial charge in [-0.25, -0.2) is 0 Å². The molecule has 0 spiro atoms. The first-order valence-corrected chi connectivity index (χ1v) is 8.07. The van der Waals surface area contributed by atoms with Gasteiger partial charge in [0.1, 0.15) is 5.69 Å². The summed E-state index contributed by atoms with van der Waals surface area (Å²) in [5.41, 5.74) is 0.373. The minimum atomic E-state index is -0.445. The summed E-state index contributed by atoms with van der Waals surface area (Å²) in [6.07, 6.45) is 2.01. The SMILES string of the molecule is CCNCC1CCN(C(=O)CNc2ccccc2[N+](=O)[O-])CC1. The molecule has 0 saturated carbocycles. The van der Waals surface area contributed by atoms with Gasteiger partial charge in [0.05, 0.1) is 11.5 Å². The van der Waals surface area contributed by atoms with E-state index in [1.54, 1.807) is 18.2 Å². The van der Waals surface area contributed by atoms with E-state index in [-0.39, 0.29) is 18.1 Å². The van der Waals surface area contributed by atoms with Crippen molar-refractivity contribution >= 4 is 17.3 Å². The first kappa shape index (κ1) is 17.2. The quantitative estimate of drug-likeness (QED) is 0.591. The number of amides is 1. The van der Waals surface area contributed by atoms with Crippen LogP contribution in [0.5, 0.6) is 0 Å². The van der Waals surface area contributed by atoms with Crippen LogP contribution in [-0.4, -0.2) is 48.5 Å². The lowest BCUT2D eigenvalue weighted by Gasteiger charge is -2.32. The molecule has 1 heterocycles. The molecule has 1 aromatic rings. The molecule has 2 N–H and O–H groups in total. The van der Waals surface area contributed by atoms with Crippen molar-refractivity contribution in [2.45, 2.75) is 19.8 Å². The highest BCUT2D eigenvalue weighted by Gasteiger charge is 2.22. The van der Waals surface area contributed by atoms with Crippen molar-refractivity contribution in [1.82, 2.24) is 10.2 Å². The van der Waals surface area contributed by atoms with Crippen molar-refractivity contribution < 1.29 is 9.72 Å². The van der Waals surface area contributed by atoms with Crippen LogP contribution in [0.1, 0.15) is 19.8 Å². The number of nitro benzene ring substituents is 1. The Labute approximate surface area is 136 Å². The number of carbonyl (C=O) groups is 1. The Morgan fingerprint density at radius 3 is 2.70 bits per heavy atom. The molecule has 0 radical (unpaired) electrons. The molecule has 0 aromatic heterocycles. The van der Waals surface area contributed by atoms with Crippen LogP contribution >= 0.6 is 0 Å². The van der Waals surface area contributed by atoms with E-state index in [9.17, 15) is 14.9 Å². The van der Waals surface area contributed by atoms with Crippen LogP contribution in [0.25, 0.3) is 0 Å². The van der Waals surface area contributed by atoms with Gasteiger partial charge in [-0.05, 0) is 37.9 Å². The highest BCUT2D eigenvalue weighted by molar-refractivity contribution is 5.81. The van der Waals surface area contributed by atoms with Crippen LogP contribution < -0.4 is 10.6 Å². The third-order valence-corrected chi connectivity index (χ3v) is 4.18. The van der Waals surface area contributed by atoms with Gasteiger partial charge >= 0.3 is 0 Å². The summed E-state index contributed by atoms with van der Waals surface area (Å²) >= 11 is 0. The molecule has 1 aliphatic rings. The average molecular weight is 320 g/mol. The molecule has 0 aliphatic carbocycles. The Morgan fingerprint density at radius 1 is 1.35 bits per heavy atom. The summed E-state index contributed by atoms with van der Waals surface area (Å²) in [7, 11) is 0. The molecule has 1 aromatic carbocycles. The third kappa shape index (κ3) is 4.92. The lowest BCUT2D eigenvalue weighted by Crippen LogP contribution is -2.43.